The van der Waals surface area contributed by atoms with Gasteiger partial charge < -0.3 is 15.3 Å². The van der Waals surface area contributed by atoms with Gasteiger partial charge in [0.05, 0.1) is 29.5 Å². The van der Waals surface area contributed by atoms with Gasteiger partial charge in [0.15, 0.2) is 16.8 Å². The van der Waals surface area contributed by atoms with Crippen LogP contribution in [-0.2, 0) is 60.2 Å². The third-order valence-electron chi connectivity index (χ3n) is 7.38. The number of rotatable bonds is 16. The third-order valence-corrected chi connectivity index (χ3v) is 11.6. The molecule has 6 N–H and O–H groups in total. The Morgan fingerprint density at radius 2 is 1.54 bits per heavy atom. The van der Waals surface area contributed by atoms with Gasteiger partial charge in [0.25, 0.3) is 30.4 Å². The minimum absolute atomic E-state index is 0.00454. The molecule has 0 saturated heterocycles. The minimum atomic E-state index is -5.33. The number of benzene rings is 4. The Balaban J connectivity index is 1.58. The lowest BCUT2D eigenvalue weighted by Crippen LogP contribution is -2.26. The number of phenols is 1. The average molecular weight is 912 g/mol. The van der Waals surface area contributed by atoms with Gasteiger partial charge in [-0.2, -0.15) is 48.6 Å². The van der Waals surface area contributed by atoms with Crippen LogP contribution in [0.1, 0.15) is 0 Å². The van der Waals surface area contributed by atoms with Crippen molar-refractivity contribution >= 4 is 114 Å². The molecule has 1 atom stereocenters. The van der Waals surface area contributed by atoms with Crippen LogP contribution in [0.3, 0.4) is 0 Å². The Morgan fingerprint density at radius 3 is 2.19 bits per heavy atom. The van der Waals surface area contributed by atoms with Crippen LogP contribution in [0.25, 0.3) is 21.5 Å². The number of fused-ring (bicyclic) bond motifs is 2. The molecule has 0 amide bonds. The number of aromatic nitrogens is 3. The van der Waals surface area contributed by atoms with Crippen molar-refractivity contribution in [2.75, 3.05) is 42.8 Å². The molecule has 306 valence electrons. The highest BCUT2D eigenvalue weighted by Crippen LogP contribution is 2.46. The van der Waals surface area contributed by atoms with Gasteiger partial charge in [-0.15, -0.1) is 10.2 Å². The van der Waals surface area contributed by atoms with Gasteiger partial charge in [0.1, 0.15) is 21.2 Å². The lowest BCUT2D eigenvalue weighted by Gasteiger charge is -2.18. The van der Waals surface area contributed by atoms with Gasteiger partial charge in [-0.05, 0) is 46.6 Å². The molecule has 0 spiro atoms. The molecular weight excluding hydrogens is 886 g/mol. The second kappa shape index (κ2) is 16.7. The van der Waals surface area contributed by atoms with E-state index in [1.54, 1.807) is 6.07 Å². The van der Waals surface area contributed by atoms with Crippen LogP contribution in [0, 0.1) is 0 Å². The fourth-order valence-electron chi connectivity index (χ4n) is 5.01. The molecule has 5 aromatic rings. The van der Waals surface area contributed by atoms with E-state index in [-0.39, 0.29) is 23.6 Å². The fraction of sp³-hybridized carbons (Fsp3) is 0.179. The molecular formula is C28H26ClN7O16S5. The number of hydrogen-bond donors (Lipinski definition) is 6. The van der Waals surface area contributed by atoms with Crippen LogP contribution in [-0.4, -0.2) is 109 Å². The van der Waals surface area contributed by atoms with Crippen molar-refractivity contribution in [3.63, 3.8) is 0 Å². The molecule has 0 radical (unpaired) electrons. The van der Waals surface area contributed by atoms with Crippen molar-refractivity contribution < 1.29 is 69.6 Å². The first-order chi connectivity index (χ1) is 26.4. The van der Waals surface area contributed by atoms with Crippen molar-refractivity contribution in [2.24, 2.45) is 10.2 Å². The highest BCUT2D eigenvalue weighted by atomic mass is 35.5. The topological polar surface area (TPSA) is 352 Å². The Labute approximate surface area is 330 Å². The highest BCUT2D eigenvalue weighted by Gasteiger charge is 2.27. The average Bonchev–Trinajstić information content (AvgIpc) is 3.09. The maximum Gasteiger partial charge on any atom is 0.397 e. The summed E-state index contributed by atoms with van der Waals surface area (Å²) in [5, 5.41) is 20.7. The lowest BCUT2D eigenvalue weighted by molar-refractivity contribution is 0.212. The van der Waals surface area contributed by atoms with Crippen LogP contribution in [0.4, 0.5) is 29.0 Å². The number of nitrogens with one attached hydrogen (secondary N) is 1. The van der Waals surface area contributed by atoms with Crippen LogP contribution in [0.5, 0.6) is 5.75 Å². The zero-order valence-electron chi connectivity index (χ0n) is 28.4. The summed E-state index contributed by atoms with van der Waals surface area (Å²) in [5.74, 6) is -1.93. The molecule has 1 heterocycles. The predicted octanol–water partition coefficient (Wildman–Crippen LogP) is 3.37. The summed E-state index contributed by atoms with van der Waals surface area (Å²) < 4.78 is 156. The van der Waals surface area contributed by atoms with Crippen molar-refractivity contribution in [3.8, 4) is 5.75 Å². The molecule has 5 rings (SSSR count). The number of halogens is 1. The van der Waals surface area contributed by atoms with E-state index in [0.29, 0.717) is 11.5 Å². The molecule has 1 aromatic heterocycles. The maximum atomic E-state index is 12.6. The Morgan fingerprint density at radius 1 is 0.842 bits per heavy atom. The first-order valence-electron chi connectivity index (χ1n) is 15.2. The van der Waals surface area contributed by atoms with Crippen LogP contribution >= 0.6 is 11.6 Å². The molecule has 57 heavy (non-hydrogen) atoms. The standard InChI is InChI=1S/C28H26ClN7O16S5/c1-36(8-11-53(38)51-9-10-52-57(48,49)50)28-32-26(29)31-27(33-28)30-20-14-17(54(39,40)41)12-16-13-21(55(42,43)44)23(24(37)22(16)20)35-34-19-7-6-15-4-2-3-5-18(15)25(19)56(45,46)47/h2-7,12-14,37H,8-11H2,1H3,(H,39,40,41)(H,42,43,44)(H,45,46,47)(H,48,49,50)(H,30,31,32,33). The van der Waals surface area contributed by atoms with Crippen LogP contribution in [0.15, 0.2) is 79.5 Å². The zero-order valence-corrected chi connectivity index (χ0v) is 33.2. The molecule has 0 fully saturated rings. The van der Waals surface area contributed by atoms with Gasteiger partial charge >= 0.3 is 10.4 Å². The van der Waals surface area contributed by atoms with Crippen molar-refractivity contribution in [2.45, 2.75) is 14.7 Å². The number of aromatic hydroxyl groups is 1. The summed E-state index contributed by atoms with van der Waals surface area (Å²) in [6, 6.07) is 10.6. The molecule has 0 saturated carbocycles. The fourth-order valence-corrected chi connectivity index (χ4v) is 8.28. The smallest absolute Gasteiger partial charge is 0.397 e. The second-order valence-electron chi connectivity index (χ2n) is 11.3. The number of phenolic OH excluding ortho intramolecular Hbond substituents is 1. The van der Waals surface area contributed by atoms with E-state index >= 15 is 0 Å². The van der Waals surface area contributed by atoms with Gasteiger partial charge in [0.2, 0.25) is 17.2 Å². The van der Waals surface area contributed by atoms with Crippen LogP contribution < -0.4 is 10.2 Å². The summed E-state index contributed by atoms with van der Waals surface area (Å²) >= 11 is 4.11. The van der Waals surface area contributed by atoms with E-state index in [0.717, 1.165) is 18.2 Å². The van der Waals surface area contributed by atoms with E-state index in [1.165, 1.54) is 36.2 Å². The second-order valence-corrected chi connectivity index (χ2v) is 18.1. The largest absolute Gasteiger partial charge is 0.505 e. The zero-order chi connectivity index (χ0) is 42.1. The highest BCUT2D eigenvalue weighted by molar-refractivity contribution is 7.86. The maximum absolute atomic E-state index is 12.6. The first kappa shape index (κ1) is 43.5. The minimum Gasteiger partial charge on any atom is -0.505 e. The predicted molar refractivity (Wildman–Crippen MR) is 201 cm³/mol. The van der Waals surface area contributed by atoms with Crippen molar-refractivity contribution in [3.05, 3.63) is 59.9 Å². The molecule has 4 aromatic carbocycles. The van der Waals surface area contributed by atoms with Gasteiger partial charge in [-0.1, -0.05) is 30.3 Å². The van der Waals surface area contributed by atoms with E-state index in [2.05, 4.69) is 34.7 Å². The summed E-state index contributed by atoms with van der Waals surface area (Å²) in [4.78, 5) is 10.6. The number of anilines is 3. The van der Waals surface area contributed by atoms with Gasteiger partial charge in [0, 0.05) is 24.4 Å². The van der Waals surface area contributed by atoms with Crippen LogP contribution in [0.2, 0.25) is 5.28 Å². The molecule has 0 aliphatic rings. The van der Waals surface area contributed by atoms with E-state index in [9.17, 15) is 56.6 Å². The molecule has 0 bridgehead atoms. The SMILES string of the molecule is CN(CCS(=O)OCCOS(=O)(=O)O)c1nc(Cl)nc(Nc2cc(S(=O)(=O)O)cc3cc(S(=O)(=O)O)c(N=Nc4ccc5ccccc5c4S(=O)(=O)O)c(O)c23)n1. The first-order valence-corrected chi connectivity index (χ1v) is 22.5. The van der Waals surface area contributed by atoms with Gasteiger partial charge in [-0.3, -0.25) is 22.4 Å². The summed E-state index contributed by atoms with van der Waals surface area (Å²) in [5.41, 5.74) is -1.95. The lowest BCUT2D eigenvalue weighted by atomic mass is 10.1. The summed E-state index contributed by atoms with van der Waals surface area (Å²) in [6.45, 7) is -1.17. The van der Waals surface area contributed by atoms with E-state index in [1.807, 2.05) is 0 Å². The monoisotopic (exact) mass is 911 g/mol. The van der Waals surface area contributed by atoms with Gasteiger partial charge in [-0.25, -0.2) is 8.39 Å². The molecule has 0 aliphatic heterocycles. The van der Waals surface area contributed by atoms with E-state index < -0.39 is 125 Å². The number of azo groups is 1. The van der Waals surface area contributed by atoms with E-state index in [4.69, 9.17) is 20.3 Å². The molecule has 1 unspecified atom stereocenters. The molecule has 23 nitrogen and oxygen atoms in total. The Hall–Kier alpha value is -4.59. The number of hydrogen-bond acceptors (Lipinski definition) is 19. The quantitative estimate of drug-likeness (QED) is 0.0469. The Kier molecular flexibility index (Phi) is 12.8. The summed E-state index contributed by atoms with van der Waals surface area (Å²) in [7, 11) is -18.7. The third kappa shape index (κ3) is 10.9. The molecule has 0 aliphatic carbocycles. The number of nitrogens with zero attached hydrogens (tertiary/aromatic N) is 6. The van der Waals surface area contributed by atoms with Crippen molar-refractivity contribution in [1.29, 1.82) is 0 Å². The Bertz CT molecular complexity index is 2920. The normalized spacial score (nSPS) is 13.4. The van der Waals surface area contributed by atoms with Crippen molar-refractivity contribution in [1.82, 2.24) is 15.0 Å². The summed E-state index contributed by atoms with van der Waals surface area (Å²) in [6.07, 6.45) is 0. The molecule has 29 heteroatoms.